The molecule has 0 spiro atoms. The number of allylic oxidation sites excluding steroid dienone is 1. The summed E-state index contributed by atoms with van der Waals surface area (Å²) >= 11 is 1.35. The predicted octanol–water partition coefficient (Wildman–Crippen LogP) is 4.78. The summed E-state index contributed by atoms with van der Waals surface area (Å²) in [5.74, 6) is 0.506. The molecule has 3 rings (SSSR count). The Hall–Kier alpha value is -2.93. The van der Waals surface area contributed by atoms with Crippen LogP contribution in [0.2, 0.25) is 0 Å². The minimum absolute atomic E-state index is 0.180. The van der Waals surface area contributed by atoms with Crippen LogP contribution in [-0.4, -0.2) is 17.5 Å². The molecule has 0 unspecified atom stereocenters. The van der Waals surface area contributed by atoms with Crippen LogP contribution in [0.4, 0.5) is 5.13 Å². The fourth-order valence-corrected chi connectivity index (χ4v) is 3.56. The van der Waals surface area contributed by atoms with Crippen molar-refractivity contribution in [2.45, 2.75) is 40.5 Å². The maximum atomic E-state index is 12.6. The Morgan fingerprint density at radius 1 is 1.28 bits per heavy atom. The van der Waals surface area contributed by atoms with E-state index < -0.39 is 5.63 Å². The number of amides is 1. The number of nitrogens with zero attached hydrogens (tertiary/aromatic N) is 1. The van der Waals surface area contributed by atoms with Gasteiger partial charge in [-0.2, -0.15) is 0 Å². The molecule has 2 aromatic heterocycles. The fraction of sp³-hybridized carbons (Fsp3) is 0.318. The van der Waals surface area contributed by atoms with Crippen molar-refractivity contribution in [2.24, 2.45) is 0 Å². The normalized spacial score (nSPS) is 10.8. The van der Waals surface area contributed by atoms with Gasteiger partial charge < -0.3 is 14.5 Å². The van der Waals surface area contributed by atoms with Crippen molar-refractivity contribution in [1.29, 1.82) is 0 Å². The van der Waals surface area contributed by atoms with E-state index in [1.807, 2.05) is 45.9 Å². The summed E-state index contributed by atoms with van der Waals surface area (Å²) in [6, 6.07) is 3.79. The lowest BCUT2D eigenvalue weighted by Gasteiger charge is -2.12. The number of ether oxygens (including phenoxy) is 1. The van der Waals surface area contributed by atoms with E-state index in [2.05, 4.69) is 10.3 Å². The van der Waals surface area contributed by atoms with Gasteiger partial charge in [0.1, 0.15) is 17.9 Å². The topological polar surface area (TPSA) is 81.4 Å². The highest BCUT2D eigenvalue weighted by atomic mass is 32.1. The lowest BCUT2D eigenvalue weighted by Crippen LogP contribution is -2.16. The largest absolute Gasteiger partial charge is 0.489 e. The van der Waals surface area contributed by atoms with Crippen LogP contribution in [0.1, 0.15) is 37.0 Å². The Kier molecular flexibility index (Phi) is 6.49. The Balaban J connectivity index is 1.82. The molecule has 0 aliphatic carbocycles. The average molecular weight is 413 g/mol. The molecule has 7 heteroatoms. The summed E-state index contributed by atoms with van der Waals surface area (Å²) in [6.07, 6.45) is 4.10. The molecular formula is C22H24N2O4S. The second-order valence-electron chi connectivity index (χ2n) is 7.04. The van der Waals surface area contributed by atoms with E-state index in [4.69, 9.17) is 9.15 Å². The number of thiazole rings is 1. The van der Waals surface area contributed by atoms with Gasteiger partial charge >= 0.3 is 5.63 Å². The minimum Gasteiger partial charge on any atom is -0.489 e. The molecule has 0 saturated heterocycles. The van der Waals surface area contributed by atoms with Gasteiger partial charge in [0.05, 0.1) is 0 Å². The van der Waals surface area contributed by atoms with E-state index in [0.717, 1.165) is 16.5 Å². The van der Waals surface area contributed by atoms with Crippen molar-refractivity contribution in [3.63, 3.8) is 0 Å². The number of benzene rings is 1. The molecule has 0 bridgehead atoms. The van der Waals surface area contributed by atoms with Crippen molar-refractivity contribution < 1.29 is 13.9 Å². The summed E-state index contributed by atoms with van der Waals surface area (Å²) < 4.78 is 11.4. The molecular weight excluding hydrogens is 388 g/mol. The van der Waals surface area contributed by atoms with Crippen LogP contribution in [0, 0.1) is 13.8 Å². The quantitative estimate of drug-likeness (QED) is 0.446. The Labute approximate surface area is 173 Å². The number of hydrogen-bond acceptors (Lipinski definition) is 6. The van der Waals surface area contributed by atoms with Crippen LogP contribution >= 0.6 is 11.3 Å². The zero-order valence-electron chi connectivity index (χ0n) is 17.0. The van der Waals surface area contributed by atoms with Crippen LogP contribution in [0.15, 0.2) is 44.6 Å². The van der Waals surface area contributed by atoms with Gasteiger partial charge in [-0.15, -0.1) is 11.3 Å². The molecule has 0 aliphatic heterocycles. The monoisotopic (exact) mass is 412 g/mol. The first-order valence-electron chi connectivity index (χ1n) is 9.38. The fourth-order valence-electron chi connectivity index (χ4n) is 3.02. The SMILES string of the molecule is CC(C)=CCOc1ccc2c(C)c(CCC(=O)Nc3nccs3)c(=O)oc2c1C. The number of fused-ring (bicyclic) bond motifs is 1. The summed E-state index contributed by atoms with van der Waals surface area (Å²) in [7, 11) is 0. The summed E-state index contributed by atoms with van der Waals surface area (Å²) in [5.41, 5.74) is 3.42. The zero-order chi connectivity index (χ0) is 21.0. The van der Waals surface area contributed by atoms with E-state index in [9.17, 15) is 9.59 Å². The molecule has 29 heavy (non-hydrogen) atoms. The number of nitrogens with one attached hydrogen (secondary N) is 1. The molecule has 0 saturated carbocycles. The third kappa shape index (κ3) is 4.92. The predicted molar refractivity (Wildman–Crippen MR) is 116 cm³/mol. The summed E-state index contributed by atoms with van der Waals surface area (Å²) in [6.45, 7) is 8.25. The number of rotatable bonds is 7. The first-order valence-corrected chi connectivity index (χ1v) is 10.3. The number of carbonyl (C=O) groups excluding carboxylic acids is 1. The second-order valence-corrected chi connectivity index (χ2v) is 7.93. The Morgan fingerprint density at radius 2 is 2.07 bits per heavy atom. The Morgan fingerprint density at radius 3 is 2.76 bits per heavy atom. The standard InChI is InChI=1S/C22H24N2O4S/c1-13(2)9-11-27-18-7-5-16-14(3)17(21(26)28-20(16)15(18)4)6-8-19(25)24-22-23-10-12-29-22/h5,7,9-10,12H,6,8,11H2,1-4H3,(H,23,24,25). The first kappa shape index (κ1) is 20.8. The summed E-state index contributed by atoms with van der Waals surface area (Å²) in [5, 5.41) is 5.92. The van der Waals surface area contributed by atoms with Gasteiger partial charge in [0.2, 0.25) is 5.91 Å². The van der Waals surface area contributed by atoms with Crippen LogP contribution in [-0.2, 0) is 11.2 Å². The number of aryl methyl sites for hydroxylation is 2. The van der Waals surface area contributed by atoms with E-state index >= 15 is 0 Å². The molecule has 1 amide bonds. The van der Waals surface area contributed by atoms with E-state index in [0.29, 0.717) is 35.1 Å². The smallest absolute Gasteiger partial charge is 0.339 e. The number of aromatic nitrogens is 1. The van der Waals surface area contributed by atoms with Gasteiger partial charge in [-0.05, 0) is 57.9 Å². The molecule has 1 aromatic carbocycles. The van der Waals surface area contributed by atoms with Crippen molar-refractivity contribution in [2.75, 3.05) is 11.9 Å². The third-order valence-corrected chi connectivity index (χ3v) is 5.35. The maximum absolute atomic E-state index is 12.6. The molecule has 1 N–H and O–H groups in total. The maximum Gasteiger partial charge on any atom is 0.339 e. The summed E-state index contributed by atoms with van der Waals surface area (Å²) in [4.78, 5) is 28.7. The average Bonchev–Trinajstić information content (AvgIpc) is 3.16. The van der Waals surface area contributed by atoms with Gasteiger partial charge in [-0.25, -0.2) is 9.78 Å². The molecule has 0 fully saturated rings. The van der Waals surface area contributed by atoms with Crippen molar-refractivity contribution in [1.82, 2.24) is 4.98 Å². The lowest BCUT2D eigenvalue weighted by molar-refractivity contribution is -0.116. The van der Waals surface area contributed by atoms with Crippen LogP contribution < -0.4 is 15.7 Å². The first-order chi connectivity index (χ1) is 13.9. The van der Waals surface area contributed by atoms with Crippen molar-refractivity contribution in [3.8, 4) is 5.75 Å². The number of carbonyl (C=O) groups is 1. The van der Waals surface area contributed by atoms with Gasteiger partial charge in [0.15, 0.2) is 5.13 Å². The van der Waals surface area contributed by atoms with Gasteiger partial charge in [0.25, 0.3) is 0 Å². The van der Waals surface area contributed by atoms with Gasteiger partial charge in [-0.1, -0.05) is 5.57 Å². The molecule has 152 valence electrons. The van der Waals surface area contributed by atoms with Crippen LogP contribution in [0.3, 0.4) is 0 Å². The van der Waals surface area contributed by atoms with E-state index in [1.54, 1.807) is 11.6 Å². The second kappa shape index (κ2) is 9.05. The lowest BCUT2D eigenvalue weighted by atomic mass is 10.0. The van der Waals surface area contributed by atoms with Gasteiger partial charge in [-0.3, -0.25) is 4.79 Å². The molecule has 3 aromatic rings. The highest BCUT2D eigenvalue weighted by molar-refractivity contribution is 7.13. The van der Waals surface area contributed by atoms with E-state index in [1.165, 1.54) is 16.9 Å². The third-order valence-electron chi connectivity index (χ3n) is 4.67. The molecule has 2 heterocycles. The zero-order valence-corrected chi connectivity index (χ0v) is 17.8. The van der Waals surface area contributed by atoms with Gasteiger partial charge in [0, 0.05) is 34.5 Å². The van der Waals surface area contributed by atoms with Crippen molar-refractivity contribution in [3.05, 3.63) is 62.5 Å². The van der Waals surface area contributed by atoms with Crippen LogP contribution in [0.25, 0.3) is 11.0 Å². The highest BCUT2D eigenvalue weighted by Crippen LogP contribution is 2.29. The molecule has 0 radical (unpaired) electrons. The van der Waals surface area contributed by atoms with Crippen molar-refractivity contribution >= 4 is 33.3 Å². The van der Waals surface area contributed by atoms with E-state index in [-0.39, 0.29) is 12.3 Å². The molecule has 0 atom stereocenters. The minimum atomic E-state index is -0.415. The number of anilines is 1. The Bertz CT molecular complexity index is 1110. The van der Waals surface area contributed by atoms with Crippen LogP contribution in [0.5, 0.6) is 5.75 Å². The number of hydrogen-bond donors (Lipinski definition) is 1. The highest BCUT2D eigenvalue weighted by Gasteiger charge is 2.16. The molecule has 0 aliphatic rings. The molecule has 6 nitrogen and oxygen atoms in total.